The maximum absolute atomic E-state index is 11.7. The maximum atomic E-state index is 11.7. The molecule has 0 saturated carbocycles. The molecule has 1 fully saturated rings. The molecule has 2 N–H and O–H groups in total. The Bertz CT molecular complexity index is 756. The van der Waals surface area contributed by atoms with E-state index >= 15 is 0 Å². The third kappa shape index (κ3) is 5.05. The molecule has 2 aromatic carbocycles. The van der Waals surface area contributed by atoms with Crippen LogP contribution in [-0.4, -0.2) is 22.5 Å². The van der Waals surface area contributed by atoms with Crippen molar-refractivity contribution >= 4 is 28.9 Å². The highest BCUT2D eigenvalue weighted by Crippen LogP contribution is 2.15. The summed E-state index contributed by atoms with van der Waals surface area (Å²) in [6, 6.07) is 16.6. The quantitative estimate of drug-likeness (QED) is 0.761. The zero-order chi connectivity index (χ0) is 18.4. The van der Waals surface area contributed by atoms with Crippen LogP contribution in [0.25, 0.3) is 0 Å². The van der Waals surface area contributed by atoms with Gasteiger partial charge in [0.25, 0.3) is 0 Å². The first-order chi connectivity index (χ1) is 12.6. The predicted octanol–water partition coefficient (Wildman–Crippen LogP) is 3.86. The molecule has 0 spiro atoms. The summed E-state index contributed by atoms with van der Waals surface area (Å²) in [6.07, 6.45) is 2.70. The van der Waals surface area contributed by atoms with Crippen LogP contribution >= 0.6 is 12.2 Å². The lowest BCUT2D eigenvalue weighted by atomic mass is 10.1. The third-order valence-electron chi connectivity index (χ3n) is 4.64. The summed E-state index contributed by atoms with van der Waals surface area (Å²) in [5.74, 6) is 0.263. The monoisotopic (exact) mass is 367 g/mol. The van der Waals surface area contributed by atoms with Crippen molar-refractivity contribution in [2.45, 2.75) is 39.3 Å². The Morgan fingerprint density at radius 3 is 2.31 bits per heavy atom. The lowest BCUT2D eigenvalue weighted by Gasteiger charge is -2.16. The molecule has 0 aromatic heterocycles. The number of nitrogens with one attached hydrogen (secondary N) is 2. The standard InChI is InChI=1S/C21H25N3OS/c1-2-16-9-11-19(12-10-16)23-21(26)22-14-17-5-7-18(8-6-17)15-24-13-3-4-20(24)25/h5-12H,2-4,13-15H2,1H3,(H2,22,23,26). The highest BCUT2D eigenvalue weighted by Gasteiger charge is 2.19. The van der Waals surface area contributed by atoms with E-state index in [1.54, 1.807) is 0 Å². The molecule has 0 bridgehead atoms. The molecule has 1 saturated heterocycles. The fraction of sp³-hybridized carbons (Fsp3) is 0.333. The highest BCUT2D eigenvalue weighted by molar-refractivity contribution is 7.80. The van der Waals surface area contributed by atoms with Gasteiger partial charge in [0.15, 0.2) is 5.11 Å². The van der Waals surface area contributed by atoms with E-state index < -0.39 is 0 Å². The number of carbonyl (C=O) groups is 1. The number of likely N-dealkylation sites (tertiary alicyclic amines) is 1. The van der Waals surface area contributed by atoms with Crippen LogP contribution in [0, 0.1) is 0 Å². The van der Waals surface area contributed by atoms with Crippen molar-refractivity contribution in [2.75, 3.05) is 11.9 Å². The van der Waals surface area contributed by atoms with E-state index in [1.165, 1.54) is 11.1 Å². The first-order valence-electron chi connectivity index (χ1n) is 9.13. The van der Waals surface area contributed by atoms with E-state index in [1.807, 2.05) is 17.0 Å². The normalized spacial score (nSPS) is 13.7. The lowest BCUT2D eigenvalue weighted by Crippen LogP contribution is -2.27. The number of nitrogens with zero attached hydrogens (tertiary/aromatic N) is 1. The minimum atomic E-state index is 0.263. The van der Waals surface area contributed by atoms with E-state index in [0.29, 0.717) is 24.6 Å². The summed E-state index contributed by atoms with van der Waals surface area (Å²) in [4.78, 5) is 13.6. The molecule has 4 nitrogen and oxygen atoms in total. The molecule has 0 atom stereocenters. The molecule has 1 amide bonds. The molecule has 2 aromatic rings. The van der Waals surface area contributed by atoms with Gasteiger partial charge in [0.2, 0.25) is 5.91 Å². The Labute approximate surface area is 160 Å². The van der Waals surface area contributed by atoms with Gasteiger partial charge in [0.05, 0.1) is 0 Å². The summed E-state index contributed by atoms with van der Waals surface area (Å²) in [6.45, 7) is 4.40. The summed E-state index contributed by atoms with van der Waals surface area (Å²) in [5.41, 5.74) is 4.63. The number of hydrogen-bond acceptors (Lipinski definition) is 2. The second-order valence-corrected chi connectivity index (χ2v) is 7.00. The summed E-state index contributed by atoms with van der Waals surface area (Å²) in [7, 11) is 0. The Balaban J connectivity index is 1.46. The second-order valence-electron chi connectivity index (χ2n) is 6.59. The minimum Gasteiger partial charge on any atom is -0.358 e. The Morgan fingerprint density at radius 1 is 1.04 bits per heavy atom. The van der Waals surface area contributed by atoms with Crippen LogP contribution in [0.15, 0.2) is 48.5 Å². The third-order valence-corrected chi connectivity index (χ3v) is 4.89. The van der Waals surface area contributed by atoms with Gasteiger partial charge in [-0.05, 0) is 53.9 Å². The largest absolute Gasteiger partial charge is 0.358 e. The van der Waals surface area contributed by atoms with Crippen LogP contribution in [0.5, 0.6) is 0 Å². The van der Waals surface area contributed by atoms with Gasteiger partial charge in [-0.2, -0.15) is 0 Å². The molecule has 1 aliphatic rings. The van der Waals surface area contributed by atoms with E-state index in [9.17, 15) is 4.79 Å². The van der Waals surface area contributed by atoms with Crippen molar-refractivity contribution in [1.29, 1.82) is 0 Å². The number of benzene rings is 2. The number of thiocarbonyl (C=S) groups is 1. The molecule has 26 heavy (non-hydrogen) atoms. The smallest absolute Gasteiger partial charge is 0.222 e. The van der Waals surface area contributed by atoms with Crippen LogP contribution in [0.2, 0.25) is 0 Å². The Kier molecular flexibility index (Phi) is 6.23. The van der Waals surface area contributed by atoms with Gasteiger partial charge in [-0.15, -0.1) is 0 Å². The lowest BCUT2D eigenvalue weighted by molar-refractivity contribution is -0.128. The molecule has 3 rings (SSSR count). The van der Waals surface area contributed by atoms with Crippen LogP contribution in [-0.2, 0) is 24.3 Å². The zero-order valence-corrected chi connectivity index (χ0v) is 15.9. The van der Waals surface area contributed by atoms with Crippen molar-refractivity contribution in [3.8, 4) is 0 Å². The van der Waals surface area contributed by atoms with Gasteiger partial charge < -0.3 is 15.5 Å². The maximum Gasteiger partial charge on any atom is 0.222 e. The Hall–Kier alpha value is -2.40. The van der Waals surface area contributed by atoms with Crippen LogP contribution in [0.1, 0.15) is 36.5 Å². The number of carbonyl (C=O) groups excluding carboxylic acids is 1. The van der Waals surface area contributed by atoms with Crippen LogP contribution < -0.4 is 10.6 Å². The minimum absolute atomic E-state index is 0.263. The fourth-order valence-electron chi connectivity index (χ4n) is 3.04. The summed E-state index contributed by atoms with van der Waals surface area (Å²) >= 11 is 5.36. The van der Waals surface area contributed by atoms with E-state index in [4.69, 9.17) is 12.2 Å². The van der Waals surface area contributed by atoms with E-state index in [2.05, 4.69) is 54.0 Å². The van der Waals surface area contributed by atoms with Crippen LogP contribution in [0.3, 0.4) is 0 Å². The number of rotatable bonds is 6. The first-order valence-corrected chi connectivity index (χ1v) is 9.54. The number of aryl methyl sites for hydroxylation is 1. The molecule has 0 unspecified atom stereocenters. The molecule has 1 heterocycles. The molecule has 1 aliphatic heterocycles. The van der Waals surface area contributed by atoms with Gasteiger partial charge in [-0.25, -0.2) is 0 Å². The van der Waals surface area contributed by atoms with Gasteiger partial charge in [-0.3, -0.25) is 4.79 Å². The van der Waals surface area contributed by atoms with E-state index in [-0.39, 0.29) is 5.91 Å². The number of anilines is 1. The highest BCUT2D eigenvalue weighted by atomic mass is 32.1. The van der Waals surface area contributed by atoms with Gasteiger partial charge in [-0.1, -0.05) is 43.3 Å². The molecule has 0 radical (unpaired) electrons. The average Bonchev–Trinajstić information content (AvgIpc) is 3.06. The van der Waals surface area contributed by atoms with Crippen molar-refractivity contribution < 1.29 is 4.79 Å². The fourth-order valence-corrected chi connectivity index (χ4v) is 3.23. The van der Waals surface area contributed by atoms with Crippen molar-refractivity contribution in [2.24, 2.45) is 0 Å². The average molecular weight is 368 g/mol. The zero-order valence-electron chi connectivity index (χ0n) is 15.1. The molecule has 5 heteroatoms. The van der Waals surface area contributed by atoms with Gasteiger partial charge >= 0.3 is 0 Å². The molecular weight excluding hydrogens is 342 g/mol. The van der Waals surface area contributed by atoms with E-state index in [0.717, 1.165) is 30.6 Å². The topological polar surface area (TPSA) is 44.4 Å². The number of amides is 1. The van der Waals surface area contributed by atoms with Crippen molar-refractivity contribution in [3.63, 3.8) is 0 Å². The van der Waals surface area contributed by atoms with Gasteiger partial charge in [0.1, 0.15) is 0 Å². The SMILES string of the molecule is CCc1ccc(NC(=S)NCc2ccc(CN3CCCC3=O)cc2)cc1. The molecule has 136 valence electrons. The number of hydrogen-bond donors (Lipinski definition) is 2. The van der Waals surface area contributed by atoms with Crippen LogP contribution in [0.4, 0.5) is 5.69 Å². The first kappa shape index (κ1) is 18.4. The molecule has 0 aliphatic carbocycles. The summed E-state index contributed by atoms with van der Waals surface area (Å²) in [5, 5.41) is 7.05. The van der Waals surface area contributed by atoms with Crippen molar-refractivity contribution in [3.05, 3.63) is 65.2 Å². The summed E-state index contributed by atoms with van der Waals surface area (Å²) < 4.78 is 0. The second kappa shape index (κ2) is 8.81. The predicted molar refractivity (Wildman–Crippen MR) is 110 cm³/mol. The van der Waals surface area contributed by atoms with Crippen molar-refractivity contribution in [1.82, 2.24) is 10.2 Å². The molecular formula is C21H25N3OS. The van der Waals surface area contributed by atoms with Gasteiger partial charge in [0, 0.05) is 31.7 Å². The Morgan fingerprint density at radius 2 is 1.69 bits per heavy atom.